The van der Waals surface area contributed by atoms with Crippen LogP contribution in [0.25, 0.3) is 0 Å². The third-order valence-electron chi connectivity index (χ3n) is 7.02. The fourth-order valence-electron chi connectivity index (χ4n) is 4.80. The van der Waals surface area contributed by atoms with Gasteiger partial charge in [0.25, 0.3) is 0 Å². The van der Waals surface area contributed by atoms with Crippen molar-refractivity contribution in [2.75, 3.05) is 40.0 Å². The van der Waals surface area contributed by atoms with E-state index in [1.54, 1.807) is 0 Å². The predicted octanol–water partition coefficient (Wildman–Crippen LogP) is -2.98. The molecule has 2 saturated heterocycles. The van der Waals surface area contributed by atoms with Crippen molar-refractivity contribution >= 4 is 31.6 Å². The monoisotopic (exact) mass is 641 g/mol. The van der Waals surface area contributed by atoms with Crippen molar-refractivity contribution in [2.45, 2.75) is 88.2 Å². The van der Waals surface area contributed by atoms with E-state index < -0.39 is 69.1 Å². The number of ether oxygens (including phenoxy) is 1. The minimum absolute atomic E-state index is 0.0407. The first-order chi connectivity index (χ1) is 20.3. The summed E-state index contributed by atoms with van der Waals surface area (Å²) in [6.07, 6.45) is -4.07. The van der Waals surface area contributed by atoms with Gasteiger partial charge in [-0.3, -0.25) is 23.4 Å². The molecule has 2 aliphatic heterocycles. The molecule has 0 aromatic carbocycles. The molecule has 19 heteroatoms. The molecule has 18 nitrogen and oxygen atoms in total. The highest BCUT2D eigenvalue weighted by molar-refractivity contribution is 7.47. The Kier molecular flexibility index (Phi) is 15.2. The lowest BCUT2D eigenvalue weighted by Crippen LogP contribution is -2.68. The standard InChI is InChI=1S/C24H44N5O13P/c1-14(32)27-20-22(36)21(35)17(13-31)41-23(20)28-24(37)26-9-7-18(33)25-8-5-3-4-6-19(34)29-11-16(10-15(29)12-30)42-43(38,39)40-2/h15-17,20-23,30-31,35-36H,3-13H2,1-2H3,(H,25,33)(H,27,32)(H,38,39)(H2,26,28,37)/t15-,16+,17?,20?,21?,22?,23?/m0/s1. The molecule has 0 bridgehead atoms. The molecule has 9 N–H and O–H groups in total. The molecule has 6 unspecified atom stereocenters. The fourth-order valence-corrected chi connectivity index (χ4v) is 5.42. The summed E-state index contributed by atoms with van der Waals surface area (Å²) in [5, 5.41) is 49.2. The molecule has 2 aliphatic rings. The van der Waals surface area contributed by atoms with Crippen molar-refractivity contribution in [1.29, 1.82) is 0 Å². The lowest BCUT2D eigenvalue weighted by molar-refractivity contribution is -0.199. The largest absolute Gasteiger partial charge is 0.472 e. The van der Waals surface area contributed by atoms with Gasteiger partial charge in [0, 0.05) is 46.5 Å². The minimum atomic E-state index is -4.21. The maximum absolute atomic E-state index is 12.6. The van der Waals surface area contributed by atoms with Crippen LogP contribution in [-0.4, -0.2) is 137 Å². The second kappa shape index (κ2) is 17.8. The Balaban J connectivity index is 1.62. The van der Waals surface area contributed by atoms with Crippen LogP contribution in [0, 0.1) is 0 Å². The summed E-state index contributed by atoms with van der Waals surface area (Å²) in [6.45, 7) is 0.617. The Morgan fingerprint density at radius 3 is 2.33 bits per heavy atom. The molecule has 0 aliphatic carbocycles. The molecule has 2 heterocycles. The van der Waals surface area contributed by atoms with Crippen LogP contribution in [0.3, 0.4) is 0 Å². The third-order valence-corrected chi connectivity index (χ3v) is 8.04. The van der Waals surface area contributed by atoms with E-state index in [0.29, 0.717) is 25.8 Å². The molecule has 0 aromatic rings. The van der Waals surface area contributed by atoms with Gasteiger partial charge in [-0.25, -0.2) is 9.36 Å². The van der Waals surface area contributed by atoms with E-state index in [-0.39, 0.29) is 50.8 Å². The van der Waals surface area contributed by atoms with Crippen molar-refractivity contribution in [2.24, 2.45) is 0 Å². The molecule has 5 amide bonds. The number of urea groups is 1. The first-order valence-electron chi connectivity index (χ1n) is 14.0. The average molecular weight is 642 g/mol. The van der Waals surface area contributed by atoms with Gasteiger partial charge in [-0.2, -0.15) is 0 Å². The van der Waals surface area contributed by atoms with Gasteiger partial charge in [0.1, 0.15) is 24.4 Å². The lowest BCUT2D eigenvalue weighted by Gasteiger charge is -2.42. The Morgan fingerprint density at radius 1 is 0.977 bits per heavy atom. The second-order valence-corrected chi connectivity index (χ2v) is 11.8. The van der Waals surface area contributed by atoms with Gasteiger partial charge in [0.15, 0.2) is 6.23 Å². The van der Waals surface area contributed by atoms with Crippen LogP contribution in [0.5, 0.6) is 0 Å². The number of carbonyl (C=O) groups excluding carboxylic acids is 4. The maximum atomic E-state index is 12.6. The van der Waals surface area contributed by atoms with E-state index >= 15 is 0 Å². The summed E-state index contributed by atoms with van der Waals surface area (Å²) >= 11 is 0. The zero-order valence-electron chi connectivity index (χ0n) is 24.2. The molecule has 2 fully saturated rings. The second-order valence-electron chi connectivity index (χ2n) is 10.3. The zero-order valence-corrected chi connectivity index (χ0v) is 25.1. The van der Waals surface area contributed by atoms with Crippen molar-refractivity contribution in [3.63, 3.8) is 0 Å². The van der Waals surface area contributed by atoms with Gasteiger partial charge in [-0.15, -0.1) is 0 Å². The Labute approximate surface area is 249 Å². The SMILES string of the molecule is COP(=O)(O)O[C@@H]1C[C@@H](CO)N(C(=O)CCCCCNC(=O)CCNC(=O)NC2OC(CO)C(O)C(O)C2NC(C)=O)C1. The minimum Gasteiger partial charge on any atom is -0.394 e. The normalized spacial score (nSPS) is 28.5. The number of likely N-dealkylation sites (tertiary alicyclic amines) is 1. The number of aliphatic hydroxyl groups excluding tert-OH is 4. The molecule has 43 heavy (non-hydrogen) atoms. The molecule has 0 aromatic heterocycles. The maximum Gasteiger partial charge on any atom is 0.472 e. The van der Waals surface area contributed by atoms with Crippen LogP contribution in [0.2, 0.25) is 0 Å². The number of nitrogens with one attached hydrogen (secondary N) is 4. The first-order valence-corrected chi connectivity index (χ1v) is 15.5. The van der Waals surface area contributed by atoms with Crippen molar-refractivity contribution < 1.29 is 62.8 Å². The Morgan fingerprint density at radius 2 is 1.70 bits per heavy atom. The topological polar surface area (TPSA) is 266 Å². The molecule has 0 saturated carbocycles. The smallest absolute Gasteiger partial charge is 0.394 e. The van der Waals surface area contributed by atoms with E-state index in [4.69, 9.17) is 9.26 Å². The van der Waals surface area contributed by atoms with E-state index in [1.165, 1.54) is 11.8 Å². The van der Waals surface area contributed by atoms with E-state index in [9.17, 15) is 49.1 Å². The van der Waals surface area contributed by atoms with Crippen molar-refractivity contribution in [1.82, 2.24) is 26.2 Å². The highest BCUT2D eigenvalue weighted by Gasteiger charge is 2.45. The van der Waals surface area contributed by atoms with E-state index in [0.717, 1.165) is 7.11 Å². The number of hydrogen-bond acceptors (Lipinski definition) is 12. The molecule has 8 atom stereocenters. The van der Waals surface area contributed by atoms with Crippen LogP contribution >= 0.6 is 7.82 Å². The number of nitrogens with zero attached hydrogens (tertiary/aromatic N) is 1. The van der Waals surface area contributed by atoms with Crippen LogP contribution < -0.4 is 21.3 Å². The Bertz CT molecular complexity index is 991. The zero-order chi connectivity index (χ0) is 32.2. The number of hydrogen-bond donors (Lipinski definition) is 9. The highest BCUT2D eigenvalue weighted by atomic mass is 31.2. The van der Waals surface area contributed by atoms with Crippen LogP contribution in [0.15, 0.2) is 0 Å². The van der Waals surface area contributed by atoms with Crippen molar-refractivity contribution in [3.05, 3.63) is 0 Å². The van der Waals surface area contributed by atoms with Gasteiger partial charge in [0.05, 0.1) is 25.4 Å². The molecule has 248 valence electrons. The van der Waals surface area contributed by atoms with Gasteiger partial charge in [-0.1, -0.05) is 6.42 Å². The van der Waals surface area contributed by atoms with Crippen LogP contribution in [-0.2, 0) is 32.7 Å². The molecule has 2 rings (SSSR count). The summed E-state index contributed by atoms with van der Waals surface area (Å²) in [5.41, 5.74) is 0. The molecular formula is C24H44N5O13P. The summed E-state index contributed by atoms with van der Waals surface area (Å²) in [6, 6.07) is -2.46. The van der Waals surface area contributed by atoms with Crippen molar-refractivity contribution in [3.8, 4) is 0 Å². The van der Waals surface area contributed by atoms with Gasteiger partial charge >= 0.3 is 13.9 Å². The quantitative estimate of drug-likeness (QED) is 0.0602. The molecular weight excluding hydrogens is 597 g/mol. The Hall–Kier alpha value is -2.41. The molecule has 0 radical (unpaired) electrons. The predicted molar refractivity (Wildman–Crippen MR) is 147 cm³/mol. The fraction of sp³-hybridized carbons (Fsp3) is 0.833. The number of unbranched alkanes of at least 4 members (excludes halogenated alkanes) is 2. The summed E-state index contributed by atoms with van der Waals surface area (Å²) in [4.78, 5) is 59.4. The number of rotatable bonds is 16. The summed E-state index contributed by atoms with van der Waals surface area (Å²) in [5.74, 6) is -1.08. The van der Waals surface area contributed by atoms with Crippen LogP contribution in [0.1, 0.15) is 45.4 Å². The summed E-state index contributed by atoms with van der Waals surface area (Å²) in [7, 11) is -3.17. The van der Waals surface area contributed by atoms with Gasteiger partial charge in [-0.05, 0) is 19.3 Å². The number of carbonyl (C=O) groups is 4. The van der Waals surface area contributed by atoms with E-state index in [2.05, 4.69) is 25.8 Å². The molecule has 0 spiro atoms. The van der Waals surface area contributed by atoms with Crippen LogP contribution in [0.4, 0.5) is 4.79 Å². The van der Waals surface area contributed by atoms with E-state index in [1.807, 2.05) is 0 Å². The third kappa shape index (κ3) is 11.9. The first kappa shape index (κ1) is 36.8. The number of phosphoric acid groups is 1. The van der Waals surface area contributed by atoms with Gasteiger partial charge in [0.2, 0.25) is 17.7 Å². The van der Waals surface area contributed by atoms with Gasteiger partial charge < -0.3 is 56.2 Å². The highest BCUT2D eigenvalue weighted by Crippen LogP contribution is 2.45. The summed E-state index contributed by atoms with van der Waals surface area (Å²) < 4.78 is 26.5. The average Bonchev–Trinajstić information content (AvgIpc) is 3.36. The number of phosphoric ester groups is 1. The number of aliphatic hydroxyl groups is 4. The lowest BCUT2D eigenvalue weighted by atomic mass is 9.96. The number of amides is 5.